The third kappa shape index (κ3) is 3.42. The second-order valence-electron chi connectivity index (χ2n) is 4.36. The van der Waals surface area contributed by atoms with Crippen LogP contribution in [0, 0.1) is 0 Å². The molecule has 2 rings (SSSR count). The maximum Gasteiger partial charge on any atom is 0.244 e. The lowest BCUT2D eigenvalue weighted by molar-refractivity contribution is 0.470. The van der Waals surface area contributed by atoms with Gasteiger partial charge in [0, 0.05) is 36.9 Å². The molecule has 110 valence electrons. The topological polar surface area (TPSA) is 65.2 Å². The fraction of sp³-hybridized carbons (Fsp3) is 0.333. The first kappa shape index (κ1) is 15.5. The van der Waals surface area contributed by atoms with E-state index in [0.717, 1.165) is 10.6 Å². The van der Waals surface area contributed by atoms with Crippen LogP contribution < -0.4 is 5.32 Å². The molecule has 2 aromatic rings. The van der Waals surface area contributed by atoms with Gasteiger partial charge < -0.3 is 10.3 Å². The smallest absolute Gasteiger partial charge is 0.244 e. The highest BCUT2D eigenvalue weighted by Gasteiger charge is 2.22. The van der Waals surface area contributed by atoms with E-state index in [-0.39, 0.29) is 4.90 Å². The van der Waals surface area contributed by atoms with Crippen LogP contribution in [-0.4, -0.2) is 31.8 Å². The average Bonchev–Trinajstić information content (AvgIpc) is 2.99. The second kappa shape index (κ2) is 6.28. The SMILES string of the molecule is CNCc1cc(S(=O)(=O)N(C)Cc2ccc(Cl)s2)c[nH]1. The van der Waals surface area contributed by atoms with Crippen LogP contribution in [0.5, 0.6) is 0 Å². The van der Waals surface area contributed by atoms with Gasteiger partial charge in [-0.3, -0.25) is 0 Å². The molecule has 0 aromatic carbocycles. The molecule has 0 aliphatic rings. The van der Waals surface area contributed by atoms with Crippen molar-refractivity contribution in [1.82, 2.24) is 14.6 Å². The Kier molecular flexibility index (Phi) is 4.87. The number of nitrogens with one attached hydrogen (secondary N) is 2. The largest absolute Gasteiger partial charge is 0.363 e. The van der Waals surface area contributed by atoms with Crippen LogP contribution in [-0.2, 0) is 23.1 Å². The molecule has 0 aliphatic carbocycles. The fourth-order valence-electron chi connectivity index (χ4n) is 1.78. The van der Waals surface area contributed by atoms with E-state index in [0.29, 0.717) is 17.4 Å². The summed E-state index contributed by atoms with van der Waals surface area (Å²) >= 11 is 7.23. The van der Waals surface area contributed by atoms with Crippen molar-refractivity contribution in [3.63, 3.8) is 0 Å². The van der Waals surface area contributed by atoms with Crippen molar-refractivity contribution in [2.24, 2.45) is 0 Å². The molecule has 20 heavy (non-hydrogen) atoms. The van der Waals surface area contributed by atoms with Crippen LogP contribution in [0.3, 0.4) is 0 Å². The Balaban J connectivity index is 2.15. The summed E-state index contributed by atoms with van der Waals surface area (Å²) in [5, 5.41) is 2.97. The molecule has 0 aliphatic heterocycles. The second-order valence-corrected chi connectivity index (χ2v) is 8.20. The molecule has 2 heterocycles. The van der Waals surface area contributed by atoms with Crippen molar-refractivity contribution in [3.05, 3.63) is 39.3 Å². The lowest BCUT2D eigenvalue weighted by atomic mass is 10.4. The number of aromatic amines is 1. The van der Waals surface area contributed by atoms with E-state index in [2.05, 4.69) is 10.3 Å². The highest BCUT2D eigenvalue weighted by Crippen LogP contribution is 2.24. The van der Waals surface area contributed by atoms with Crippen molar-refractivity contribution in [3.8, 4) is 0 Å². The molecule has 2 N–H and O–H groups in total. The third-order valence-corrected chi connectivity index (χ3v) is 5.80. The predicted molar refractivity (Wildman–Crippen MR) is 81.5 cm³/mol. The van der Waals surface area contributed by atoms with Crippen molar-refractivity contribution in [1.29, 1.82) is 0 Å². The van der Waals surface area contributed by atoms with Gasteiger partial charge in [-0.1, -0.05) is 11.6 Å². The molecule has 2 aromatic heterocycles. The van der Waals surface area contributed by atoms with Gasteiger partial charge in [-0.25, -0.2) is 8.42 Å². The quantitative estimate of drug-likeness (QED) is 0.852. The van der Waals surface area contributed by atoms with Crippen LogP contribution in [0.1, 0.15) is 10.6 Å². The van der Waals surface area contributed by atoms with Crippen molar-refractivity contribution < 1.29 is 8.42 Å². The zero-order valence-corrected chi connectivity index (χ0v) is 13.6. The Labute approximate surface area is 127 Å². The summed E-state index contributed by atoms with van der Waals surface area (Å²) in [6.07, 6.45) is 1.51. The lowest BCUT2D eigenvalue weighted by Crippen LogP contribution is -2.25. The molecule has 0 unspecified atom stereocenters. The van der Waals surface area contributed by atoms with E-state index >= 15 is 0 Å². The number of aromatic nitrogens is 1. The number of hydrogen-bond acceptors (Lipinski definition) is 4. The summed E-state index contributed by atoms with van der Waals surface area (Å²) in [6, 6.07) is 5.25. The minimum atomic E-state index is -3.49. The van der Waals surface area contributed by atoms with Gasteiger partial charge >= 0.3 is 0 Å². The molecule has 5 nitrogen and oxygen atoms in total. The summed E-state index contributed by atoms with van der Waals surface area (Å²) in [4.78, 5) is 4.13. The molecule has 0 bridgehead atoms. The Morgan fingerprint density at radius 1 is 1.45 bits per heavy atom. The zero-order chi connectivity index (χ0) is 14.8. The van der Waals surface area contributed by atoms with Crippen LogP contribution in [0.25, 0.3) is 0 Å². The number of nitrogens with zero attached hydrogens (tertiary/aromatic N) is 1. The summed E-state index contributed by atoms with van der Waals surface area (Å²) in [7, 11) is -0.117. The fourth-order valence-corrected chi connectivity index (χ4v) is 4.17. The number of hydrogen-bond donors (Lipinski definition) is 2. The summed E-state index contributed by atoms with van der Waals surface area (Å²) in [5.74, 6) is 0. The number of H-pyrrole nitrogens is 1. The Hall–Kier alpha value is -0.860. The van der Waals surface area contributed by atoms with Gasteiger partial charge in [-0.15, -0.1) is 11.3 Å². The zero-order valence-electron chi connectivity index (χ0n) is 11.2. The number of thiophene rings is 1. The van der Waals surface area contributed by atoms with E-state index in [9.17, 15) is 8.42 Å². The van der Waals surface area contributed by atoms with Gasteiger partial charge in [0.1, 0.15) is 0 Å². The van der Waals surface area contributed by atoms with E-state index in [4.69, 9.17) is 11.6 Å². The Morgan fingerprint density at radius 2 is 2.20 bits per heavy atom. The number of sulfonamides is 1. The first-order valence-electron chi connectivity index (χ1n) is 5.96. The highest BCUT2D eigenvalue weighted by molar-refractivity contribution is 7.89. The van der Waals surface area contributed by atoms with Crippen molar-refractivity contribution >= 4 is 33.0 Å². The molecular weight excluding hydrogens is 318 g/mol. The van der Waals surface area contributed by atoms with Gasteiger partial charge in [0.15, 0.2) is 0 Å². The van der Waals surface area contributed by atoms with Gasteiger partial charge in [-0.2, -0.15) is 4.31 Å². The standard InChI is InChI=1S/C12H16ClN3O2S2/c1-14-6-9-5-11(7-15-9)20(17,18)16(2)8-10-3-4-12(13)19-10/h3-5,7,14-15H,6,8H2,1-2H3. The maximum absolute atomic E-state index is 12.4. The molecule has 0 saturated heterocycles. The summed E-state index contributed by atoms with van der Waals surface area (Å²) < 4.78 is 26.8. The molecule has 0 saturated carbocycles. The molecule has 0 atom stereocenters. The predicted octanol–water partition coefficient (Wildman–Crippen LogP) is 2.27. The molecular formula is C12H16ClN3O2S2. The monoisotopic (exact) mass is 333 g/mol. The normalized spacial score (nSPS) is 12.2. The van der Waals surface area contributed by atoms with Gasteiger partial charge in [-0.05, 0) is 25.2 Å². The summed E-state index contributed by atoms with van der Waals surface area (Å²) in [5.41, 5.74) is 0.832. The van der Waals surface area contributed by atoms with Crippen molar-refractivity contribution in [2.45, 2.75) is 18.0 Å². The molecule has 8 heteroatoms. The Bertz CT molecular complexity index is 678. The van der Waals surface area contributed by atoms with Crippen LogP contribution in [0.2, 0.25) is 4.34 Å². The van der Waals surface area contributed by atoms with Crippen LogP contribution in [0.4, 0.5) is 0 Å². The first-order valence-corrected chi connectivity index (χ1v) is 8.59. The van der Waals surface area contributed by atoms with E-state index in [1.54, 1.807) is 19.2 Å². The molecule has 0 spiro atoms. The lowest BCUT2D eigenvalue weighted by Gasteiger charge is -2.15. The number of rotatable bonds is 6. The maximum atomic E-state index is 12.4. The Morgan fingerprint density at radius 3 is 2.80 bits per heavy atom. The minimum absolute atomic E-state index is 0.271. The number of halogens is 1. The third-order valence-electron chi connectivity index (χ3n) is 2.80. The van der Waals surface area contributed by atoms with Gasteiger partial charge in [0.05, 0.1) is 9.23 Å². The molecule has 0 radical (unpaired) electrons. The molecule has 0 fully saturated rings. The average molecular weight is 334 g/mol. The van der Waals surface area contributed by atoms with Crippen LogP contribution in [0.15, 0.2) is 29.3 Å². The van der Waals surface area contributed by atoms with Gasteiger partial charge in [0.2, 0.25) is 10.0 Å². The van der Waals surface area contributed by atoms with Crippen molar-refractivity contribution in [2.75, 3.05) is 14.1 Å². The first-order chi connectivity index (χ1) is 9.43. The van der Waals surface area contributed by atoms with E-state index in [1.807, 2.05) is 13.1 Å². The summed E-state index contributed by atoms with van der Waals surface area (Å²) in [6.45, 7) is 0.909. The van der Waals surface area contributed by atoms with Crippen LogP contribution >= 0.6 is 22.9 Å². The van der Waals surface area contributed by atoms with E-state index < -0.39 is 10.0 Å². The van der Waals surface area contributed by atoms with E-state index in [1.165, 1.54) is 21.8 Å². The molecule has 0 amide bonds. The highest BCUT2D eigenvalue weighted by atomic mass is 35.5. The van der Waals surface area contributed by atoms with Gasteiger partial charge in [0.25, 0.3) is 0 Å². The minimum Gasteiger partial charge on any atom is -0.363 e.